The van der Waals surface area contributed by atoms with Crippen LogP contribution < -0.4 is 32.5 Å². The zero-order valence-electron chi connectivity index (χ0n) is 30.9. The third kappa shape index (κ3) is 13.5. The molecule has 3 rings (SSSR count). The summed E-state index contributed by atoms with van der Waals surface area (Å²) in [7, 11) is 0. The highest BCUT2D eigenvalue weighted by molar-refractivity contribution is 5.97. The molecule has 292 valence electrons. The van der Waals surface area contributed by atoms with Gasteiger partial charge in [0.05, 0.1) is 6.42 Å². The number of aromatic amines is 1. The van der Waals surface area contributed by atoms with Gasteiger partial charge in [-0.3, -0.25) is 33.6 Å². The normalized spacial score (nSPS) is 14.0. The molecule has 54 heavy (non-hydrogen) atoms. The predicted octanol–water partition coefficient (Wildman–Crippen LogP) is 1.50. The van der Waals surface area contributed by atoms with E-state index in [0.717, 1.165) is 10.9 Å². The van der Waals surface area contributed by atoms with Gasteiger partial charge < -0.3 is 41.8 Å². The summed E-state index contributed by atoms with van der Waals surface area (Å²) in [5.41, 5.74) is 8.87. The largest absolute Gasteiger partial charge is 0.481 e. The fourth-order valence-electron chi connectivity index (χ4n) is 5.34. The molecule has 9 N–H and O–H groups in total. The van der Waals surface area contributed by atoms with Crippen LogP contribution in [0.4, 0.5) is 4.79 Å². The van der Waals surface area contributed by atoms with Gasteiger partial charge in [-0.1, -0.05) is 61.9 Å². The maximum absolute atomic E-state index is 13.9. The number of benzene rings is 2. The number of primary amides is 1. The van der Waals surface area contributed by atoms with Crippen LogP contribution in [-0.2, 0) is 51.2 Å². The lowest BCUT2D eigenvalue weighted by molar-refractivity contribution is -0.141. The van der Waals surface area contributed by atoms with Crippen molar-refractivity contribution in [3.63, 3.8) is 0 Å². The lowest BCUT2D eigenvalue weighted by Gasteiger charge is -2.26. The molecule has 0 spiro atoms. The number of H-pyrrole nitrogens is 1. The third-order valence-corrected chi connectivity index (χ3v) is 7.98. The van der Waals surface area contributed by atoms with Gasteiger partial charge >= 0.3 is 12.1 Å². The Balaban J connectivity index is 1.79. The van der Waals surface area contributed by atoms with Gasteiger partial charge in [-0.25, -0.2) is 4.79 Å². The molecular formula is C37H49N7O10. The molecule has 6 amide bonds. The van der Waals surface area contributed by atoms with Gasteiger partial charge in [0.2, 0.25) is 23.6 Å². The summed E-state index contributed by atoms with van der Waals surface area (Å²) in [5.74, 6) is -5.67. The van der Waals surface area contributed by atoms with Crippen LogP contribution in [0.2, 0.25) is 0 Å². The highest BCUT2D eigenvalue weighted by atomic mass is 16.7. The predicted molar refractivity (Wildman–Crippen MR) is 196 cm³/mol. The van der Waals surface area contributed by atoms with Crippen molar-refractivity contribution in [1.82, 2.24) is 31.7 Å². The zero-order chi connectivity index (χ0) is 40.0. The number of hydrogen-bond donors (Lipinski definition) is 8. The van der Waals surface area contributed by atoms with Crippen molar-refractivity contribution < 1.29 is 48.2 Å². The minimum Gasteiger partial charge on any atom is -0.481 e. The number of nitrogens with two attached hydrogens (primary N) is 1. The molecule has 5 atom stereocenters. The number of hydrogen-bond acceptors (Lipinski definition) is 9. The first-order valence-electron chi connectivity index (χ1n) is 17.4. The number of para-hydroxylation sites is 1. The number of rotatable bonds is 19. The molecule has 2 aromatic carbocycles. The molecule has 0 fully saturated rings. The Morgan fingerprint density at radius 2 is 1.35 bits per heavy atom. The van der Waals surface area contributed by atoms with Gasteiger partial charge in [0.1, 0.15) is 29.8 Å². The molecule has 0 saturated carbocycles. The van der Waals surface area contributed by atoms with E-state index in [1.54, 1.807) is 64.2 Å². The second-order valence-corrected chi connectivity index (χ2v) is 13.7. The first-order chi connectivity index (χ1) is 25.5. The van der Waals surface area contributed by atoms with E-state index >= 15 is 0 Å². The van der Waals surface area contributed by atoms with Gasteiger partial charge in [0, 0.05) is 29.9 Å². The van der Waals surface area contributed by atoms with Crippen molar-refractivity contribution in [1.29, 1.82) is 0 Å². The van der Waals surface area contributed by atoms with Crippen LogP contribution in [0.3, 0.4) is 0 Å². The van der Waals surface area contributed by atoms with Crippen LogP contribution >= 0.6 is 0 Å². The van der Waals surface area contributed by atoms with Gasteiger partial charge in [-0.15, -0.1) is 0 Å². The molecule has 0 aliphatic carbocycles. The number of aromatic nitrogens is 1. The van der Waals surface area contributed by atoms with E-state index in [0.29, 0.717) is 17.5 Å². The van der Waals surface area contributed by atoms with Crippen LogP contribution in [0.25, 0.3) is 10.9 Å². The van der Waals surface area contributed by atoms with Crippen LogP contribution in [-0.4, -0.2) is 87.6 Å². The second-order valence-electron chi connectivity index (χ2n) is 13.7. The number of carbonyl (C=O) groups is 7. The van der Waals surface area contributed by atoms with Crippen molar-refractivity contribution in [3.8, 4) is 0 Å². The van der Waals surface area contributed by atoms with Crippen molar-refractivity contribution in [2.24, 2.45) is 5.73 Å². The van der Waals surface area contributed by atoms with E-state index in [4.69, 9.17) is 15.3 Å². The monoisotopic (exact) mass is 751 g/mol. The molecule has 17 nitrogen and oxygen atoms in total. The highest BCUT2D eigenvalue weighted by Crippen LogP contribution is 2.19. The van der Waals surface area contributed by atoms with E-state index in [1.165, 1.54) is 6.92 Å². The number of carboxylic acid groups (broad SMARTS) is 1. The Bertz CT molecular complexity index is 1790. The van der Waals surface area contributed by atoms with E-state index < -0.39 is 83.9 Å². The minimum absolute atomic E-state index is 0.0223. The molecule has 1 unspecified atom stereocenters. The first kappa shape index (κ1) is 42.4. The van der Waals surface area contributed by atoms with E-state index in [-0.39, 0.29) is 19.3 Å². The lowest BCUT2D eigenvalue weighted by Crippen LogP contribution is -2.59. The van der Waals surface area contributed by atoms with Crippen molar-refractivity contribution >= 4 is 52.5 Å². The summed E-state index contributed by atoms with van der Waals surface area (Å²) in [6.45, 7) is 8.04. The van der Waals surface area contributed by atoms with E-state index in [1.807, 2.05) is 29.7 Å². The van der Waals surface area contributed by atoms with Crippen molar-refractivity contribution in [2.45, 2.75) is 103 Å². The van der Waals surface area contributed by atoms with Crippen LogP contribution in [0.15, 0.2) is 60.8 Å². The summed E-state index contributed by atoms with van der Waals surface area (Å²) in [6.07, 6.45) is -0.923. The summed E-state index contributed by atoms with van der Waals surface area (Å²) in [4.78, 5) is 98.3. The molecule has 0 radical (unpaired) electrons. The number of amides is 6. The molecule has 0 bridgehead atoms. The van der Waals surface area contributed by atoms with Gasteiger partial charge in [-0.05, 0) is 51.3 Å². The number of carbonyl (C=O) groups excluding carboxylic acids is 6. The fraction of sp³-hybridized carbons (Fsp3) is 0.432. The molecule has 1 heterocycles. The Morgan fingerprint density at radius 3 is 1.98 bits per heavy atom. The summed E-state index contributed by atoms with van der Waals surface area (Å²) in [6, 6.07) is 10.6. The topological polar surface area (TPSA) is 260 Å². The number of carboxylic acids is 1. The average Bonchev–Trinajstić information content (AvgIpc) is 3.51. The van der Waals surface area contributed by atoms with Crippen molar-refractivity contribution in [3.05, 3.63) is 71.9 Å². The number of hydroxylamine groups is 1. The highest BCUT2D eigenvalue weighted by Gasteiger charge is 2.33. The van der Waals surface area contributed by atoms with Gasteiger partial charge in [0.25, 0.3) is 5.91 Å². The number of nitrogens with one attached hydrogen (secondary N) is 6. The Kier molecular flexibility index (Phi) is 15.5. The maximum atomic E-state index is 13.9. The molecule has 0 saturated heterocycles. The number of ether oxygens (including phenoxy) is 1. The minimum atomic E-state index is -1.64. The summed E-state index contributed by atoms with van der Waals surface area (Å²) in [5, 5.41) is 20.4. The molecule has 17 heteroatoms. The van der Waals surface area contributed by atoms with Gasteiger partial charge in [0.15, 0.2) is 6.10 Å². The van der Waals surface area contributed by atoms with E-state index in [9.17, 15) is 38.7 Å². The summed E-state index contributed by atoms with van der Waals surface area (Å²) >= 11 is 0. The van der Waals surface area contributed by atoms with E-state index in [2.05, 4.69) is 26.3 Å². The van der Waals surface area contributed by atoms with Crippen molar-refractivity contribution in [2.75, 3.05) is 0 Å². The lowest BCUT2D eigenvalue weighted by atomic mass is 10.0. The molecular weight excluding hydrogens is 702 g/mol. The SMILES string of the molecule is CCC[C@H](NC(=O)[C@H](Cc1c[nH]c2ccccc12)NC(=O)C(C)ONC(=O)OC(C)(C)C)C(=O)N[C@@H](CC(=O)O)C(=O)N[C@@H](Cc1ccccc1)C(N)=O. The smallest absolute Gasteiger partial charge is 0.431 e. The fourth-order valence-corrected chi connectivity index (χ4v) is 5.34. The van der Waals surface area contributed by atoms with Crippen LogP contribution in [0, 0.1) is 0 Å². The maximum Gasteiger partial charge on any atom is 0.431 e. The zero-order valence-corrected chi connectivity index (χ0v) is 30.9. The Hall–Kier alpha value is -5.97. The molecule has 1 aromatic heterocycles. The second kappa shape index (κ2) is 19.8. The third-order valence-electron chi connectivity index (χ3n) is 7.98. The first-order valence-corrected chi connectivity index (χ1v) is 17.4. The molecule has 0 aliphatic heterocycles. The Labute approximate surface area is 312 Å². The molecule has 0 aliphatic rings. The standard InChI is InChI=1S/C37H49N7O10/c1-6-12-26(33(49)43-29(19-30(45)46)35(51)41-27(31(38)47)17-22-13-8-7-9-14-22)40-34(50)28(18-23-20-39-25-16-11-10-15-24(23)25)42-32(48)21(2)54-44-36(52)53-37(3,4)5/h7-11,13-16,20-21,26-29,39H,6,12,17-19H2,1-5H3,(H2,38,47)(H,40,50)(H,41,51)(H,42,48)(H,43,49)(H,44,52)(H,45,46)/t21?,26-,27-,28-,29-/m0/s1. The number of aliphatic carboxylic acids is 1. The van der Waals surface area contributed by atoms with Crippen LogP contribution in [0.5, 0.6) is 0 Å². The quantitative estimate of drug-likeness (QED) is 0.0819. The Morgan fingerprint density at radius 1 is 0.778 bits per heavy atom. The average molecular weight is 752 g/mol. The van der Waals surface area contributed by atoms with Crippen LogP contribution in [0.1, 0.15) is 65.0 Å². The summed E-state index contributed by atoms with van der Waals surface area (Å²) < 4.78 is 5.11. The van der Waals surface area contributed by atoms with Gasteiger partial charge in [-0.2, -0.15) is 5.48 Å². The molecule has 3 aromatic rings. The number of fused-ring (bicyclic) bond motifs is 1.